The number of anilines is 1. The first-order valence-corrected chi connectivity index (χ1v) is 3.46. The number of hydrogen-bond acceptors (Lipinski definition) is 5. The smallest absolute Gasteiger partial charge is 0.358 e. The summed E-state index contributed by atoms with van der Waals surface area (Å²) in [5, 5.41) is 8.62. The van der Waals surface area contributed by atoms with Crippen LogP contribution in [0.15, 0.2) is 6.20 Å². The van der Waals surface area contributed by atoms with Gasteiger partial charge in [-0.2, -0.15) is 0 Å². The third-order valence-electron chi connectivity index (χ3n) is 1.26. The Labute approximate surface area is 78.8 Å². The summed E-state index contributed by atoms with van der Waals surface area (Å²) in [5.74, 6) is 2.92. The van der Waals surface area contributed by atoms with E-state index in [2.05, 4.69) is 21.8 Å². The van der Waals surface area contributed by atoms with Crippen molar-refractivity contribution in [2.75, 3.05) is 5.73 Å². The molecule has 0 unspecified atom stereocenters. The van der Waals surface area contributed by atoms with Gasteiger partial charge >= 0.3 is 5.97 Å². The van der Waals surface area contributed by atoms with Gasteiger partial charge in [-0.1, -0.05) is 0 Å². The topological polar surface area (TPSA) is 106 Å². The standard InChI is InChI=1S/C8H5N3O3/c9-7-6(8(13)14)11-5(4-10-7)2-1-3-12/h3-4H,(H2,9,10)(H,13,14). The van der Waals surface area contributed by atoms with E-state index in [0.717, 1.165) is 0 Å². The number of hydrogen-bond donors (Lipinski definition) is 2. The molecule has 0 atom stereocenters. The lowest BCUT2D eigenvalue weighted by Gasteiger charge is -1.97. The van der Waals surface area contributed by atoms with Gasteiger partial charge < -0.3 is 10.8 Å². The van der Waals surface area contributed by atoms with Crippen molar-refractivity contribution >= 4 is 18.1 Å². The third kappa shape index (κ3) is 2.04. The molecule has 1 aromatic rings. The molecule has 1 aromatic heterocycles. The maximum absolute atomic E-state index is 10.5. The summed E-state index contributed by atoms with van der Waals surface area (Å²) in [6.45, 7) is 0. The highest BCUT2D eigenvalue weighted by molar-refractivity contribution is 5.90. The molecule has 0 amide bonds. The SMILES string of the molecule is Nc1ncc(C#CC=O)nc1C(=O)O. The molecule has 1 rings (SSSR count). The van der Waals surface area contributed by atoms with Crippen molar-refractivity contribution < 1.29 is 14.7 Å². The zero-order valence-corrected chi connectivity index (χ0v) is 6.89. The summed E-state index contributed by atoms with van der Waals surface area (Å²) in [6, 6.07) is 0. The fourth-order valence-electron chi connectivity index (χ4n) is 0.719. The van der Waals surface area contributed by atoms with Gasteiger partial charge in [0.2, 0.25) is 0 Å². The predicted octanol–water partition coefficient (Wildman–Crippen LogP) is -0.693. The normalized spacial score (nSPS) is 8.57. The maximum atomic E-state index is 10.5. The summed E-state index contributed by atoms with van der Waals surface area (Å²) in [7, 11) is 0. The van der Waals surface area contributed by atoms with Gasteiger partial charge in [-0.05, 0) is 11.8 Å². The summed E-state index contributed by atoms with van der Waals surface area (Å²) in [6.07, 6.45) is 1.57. The Morgan fingerprint density at radius 1 is 1.64 bits per heavy atom. The molecule has 70 valence electrons. The molecular formula is C8H5N3O3. The Kier molecular flexibility index (Phi) is 2.76. The van der Waals surface area contributed by atoms with Crippen LogP contribution in [0.5, 0.6) is 0 Å². The van der Waals surface area contributed by atoms with E-state index in [1.54, 1.807) is 0 Å². The largest absolute Gasteiger partial charge is 0.476 e. The predicted molar refractivity (Wildman–Crippen MR) is 46.3 cm³/mol. The minimum absolute atomic E-state index is 0.0868. The number of nitrogens with zero attached hydrogens (tertiary/aromatic N) is 2. The first-order chi connectivity index (χ1) is 6.65. The van der Waals surface area contributed by atoms with Crippen molar-refractivity contribution in [3.05, 3.63) is 17.6 Å². The molecule has 0 aliphatic heterocycles. The molecule has 0 radical (unpaired) electrons. The number of carbonyl (C=O) groups excluding carboxylic acids is 1. The van der Waals surface area contributed by atoms with Gasteiger partial charge in [-0.25, -0.2) is 14.8 Å². The molecule has 0 saturated carbocycles. The Hall–Kier alpha value is -2.42. The Morgan fingerprint density at radius 2 is 2.36 bits per heavy atom. The number of nitrogen functional groups attached to an aromatic ring is 1. The van der Waals surface area contributed by atoms with E-state index < -0.39 is 5.97 Å². The van der Waals surface area contributed by atoms with Crippen molar-refractivity contribution in [1.29, 1.82) is 0 Å². The second-order valence-electron chi connectivity index (χ2n) is 2.18. The van der Waals surface area contributed by atoms with Crippen LogP contribution in [0.2, 0.25) is 0 Å². The van der Waals surface area contributed by atoms with Crippen molar-refractivity contribution in [2.24, 2.45) is 0 Å². The average Bonchev–Trinajstić information content (AvgIpc) is 2.16. The lowest BCUT2D eigenvalue weighted by Crippen LogP contribution is -2.08. The zero-order valence-electron chi connectivity index (χ0n) is 6.89. The van der Waals surface area contributed by atoms with Gasteiger partial charge in [0.05, 0.1) is 6.20 Å². The second kappa shape index (κ2) is 4.00. The van der Waals surface area contributed by atoms with E-state index in [1.165, 1.54) is 6.20 Å². The number of aldehydes is 1. The molecule has 0 saturated heterocycles. The van der Waals surface area contributed by atoms with E-state index in [4.69, 9.17) is 10.8 Å². The van der Waals surface area contributed by atoms with E-state index >= 15 is 0 Å². The van der Waals surface area contributed by atoms with Crippen LogP contribution >= 0.6 is 0 Å². The molecule has 6 nitrogen and oxygen atoms in total. The molecule has 0 aliphatic carbocycles. The summed E-state index contributed by atoms with van der Waals surface area (Å²) >= 11 is 0. The first-order valence-electron chi connectivity index (χ1n) is 3.46. The quantitative estimate of drug-likeness (QED) is 0.449. The minimum atomic E-state index is -1.29. The Morgan fingerprint density at radius 3 is 2.93 bits per heavy atom. The van der Waals surface area contributed by atoms with Gasteiger partial charge in [0, 0.05) is 0 Å². The number of rotatable bonds is 1. The third-order valence-corrected chi connectivity index (χ3v) is 1.26. The van der Waals surface area contributed by atoms with Crippen LogP contribution in [-0.2, 0) is 4.79 Å². The van der Waals surface area contributed by atoms with E-state index in [0.29, 0.717) is 6.29 Å². The zero-order chi connectivity index (χ0) is 10.6. The van der Waals surface area contributed by atoms with E-state index in [1.807, 2.05) is 0 Å². The van der Waals surface area contributed by atoms with Crippen LogP contribution < -0.4 is 5.73 Å². The maximum Gasteiger partial charge on any atom is 0.358 e. The van der Waals surface area contributed by atoms with Crippen molar-refractivity contribution in [1.82, 2.24) is 9.97 Å². The van der Waals surface area contributed by atoms with E-state index in [9.17, 15) is 9.59 Å². The highest BCUT2D eigenvalue weighted by Gasteiger charge is 2.10. The molecule has 0 aliphatic rings. The molecule has 3 N–H and O–H groups in total. The van der Waals surface area contributed by atoms with Crippen molar-refractivity contribution in [3.63, 3.8) is 0 Å². The fraction of sp³-hybridized carbons (Fsp3) is 0. The van der Waals surface area contributed by atoms with Crippen LogP contribution in [0.1, 0.15) is 16.2 Å². The van der Waals surface area contributed by atoms with Crippen LogP contribution in [0.3, 0.4) is 0 Å². The Balaban J connectivity index is 3.19. The van der Waals surface area contributed by atoms with Crippen molar-refractivity contribution in [3.8, 4) is 11.8 Å². The number of carboxylic acid groups (broad SMARTS) is 1. The lowest BCUT2D eigenvalue weighted by molar-refractivity contribution is -0.103. The molecule has 6 heteroatoms. The monoisotopic (exact) mass is 191 g/mol. The molecule has 0 fully saturated rings. The Bertz CT molecular complexity index is 445. The van der Waals surface area contributed by atoms with Crippen LogP contribution in [0.25, 0.3) is 0 Å². The lowest BCUT2D eigenvalue weighted by atomic mass is 10.3. The van der Waals surface area contributed by atoms with Gasteiger partial charge in [0.25, 0.3) is 0 Å². The summed E-state index contributed by atoms with van der Waals surface area (Å²) in [5.41, 5.74) is 4.96. The van der Waals surface area contributed by atoms with Crippen molar-refractivity contribution in [2.45, 2.75) is 0 Å². The van der Waals surface area contributed by atoms with Gasteiger partial charge in [0.1, 0.15) is 5.69 Å². The molecule has 0 bridgehead atoms. The number of carbonyl (C=O) groups is 2. The van der Waals surface area contributed by atoms with Crippen LogP contribution in [-0.4, -0.2) is 27.3 Å². The average molecular weight is 191 g/mol. The molecule has 14 heavy (non-hydrogen) atoms. The van der Waals surface area contributed by atoms with E-state index in [-0.39, 0.29) is 17.2 Å². The van der Waals surface area contributed by atoms with Gasteiger partial charge in [-0.3, -0.25) is 4.79 Å². The van der Waals surface area contributed by atoms with Crippen LogP contribution in [0.4, 0.5) is 5.82 Å². The number of aromatic nitrogens is 2. The highest BCUT2D eigenvalue weighted by atomic mass is 16.4. The number of carboxylic acids is 1. The first kappa shape index (κ1) is 9.67. The minimum Gasteiger partial charge on any atom is -0.476 e. The molecule has 1 heterocycles. The van der Waals surface area contributed by atoms with Crippen LogP contribution in [0, 0.1) is 11.8 Å². The number of aromatic carboxylic acids is 1. The van der Waals surface area contributed by atoms with Gasteiger partial charge in [-0.15, -0.1) is 0 Å². The number of nitrogens with two attached hydrogens (primary N) is 1. The molecule has 0 spiro atoms. The highest BCUT2D eigenvalue weighted by Crippen LogP contribution is 2.04. The fourth-order valence-corrected chi connectivity index (χ4v) is 0.719. The summed E-state index contributed by atoms with van der Waals surface area (Å²) in [4.78, 5) is 27.6. The summed E-state index contributed by atoms with van der Waals surface area (Å²) < 4.78 is 0. The van der Waals surface area contributed by atoms with Gasteiger partial charge in [0.15, 0.2) is 17.8 Å². The second-order valence-corrected chi connectivity index (χ2v) is 2.18. The molecular weight excluding hydrogens is 186 g/mol. The molecule has 0 aromatic carbocycles.